The number of nitrogens with zero attached hydrogens (tertiary/aromatic N) is 1. The second kappa shape index (κ2) is 7.66. The Kier molecular flexibility index (Phi) is 5.34. The molecule has 0 spiro atoms. The van der Waals surface area contributed by atoms with Gasteiger partial charge in [0.15, 0.2) is 0 Å². The summed E-state index contributed by atoms with van der Waals surface area (Å²) in [7, 11) is 1.61. The molecule has 1 amide bonds. The largest absolute Gasteiger partial charge is 0.496 e. The monoisotopic (exact) mass is 343 g/mol. The third-order valence-electron chi connectivity index (χ3n) is 4.65. The highest BCUT2D eigenvalue weighted by Crippen LogP contribution is 2.33. The molecule has 0 bridgehead atoms. The molecule has 4 nitrogen and oxygen atoms in total. The maximum atomic E-state index is 13.1. The summed E-state index contributed by atoms with van der Waals surface area (Å²) in [5.74, 6) is 0.444. The van der Waals surface area contributed by atoms with E-state index in [1.54, 1.807) is 24.1 Å². The minimum atomic E-state index is -0.551. The predicted molar refractivity (Wildman–Crippen MR) is 92.8 cm³/mol. The Morgan fingerprint density at radius 2 is 1.96 bits per heavy atom. The molecule has 2 aromatic rings. The van der Waals surface area contributed by atoms with E-state index in [1.165, 1.54) is 12.1 Å². The number of amides is 1. The van der Waals surface area contributed by atoms with Gasteiger partial charge in [-0.05, 0) is 42.2 Å². The number of aliphatic hydroxyl groups is 1. The van der Waals surface area contributed by atoms with E-state index < -0.39 is 6.10 Å². The maximum absolute atomic E-state index is 13.1. The number of benzene rings is 2. The van der Waals surface area contributed by atoms with E-state index >= 15 is 0 Å². The molecule has 0 saturated carbocycles. The summed E-state index contributed by atoms with van der Waals surface area (Å²) in [6.45, 7) is 0.312. The Labute approximate surface area is 146 Å². The van der Waals surface area contributed by atoms with Crippen LogP contribution in [-0.2, 0) is 11.2 Å². The zero-order valence-electron chi connectivity index (χ0n) is 14.2. The Morgan fingerprint density at radius 3 is 2.68 bits per heavy atom. The van der Waals surface area contributed by atoms with Gasteiger partial charge in [-0.2, -0.15) is 0 Å². The maximum Gasteiger partial charge on any atom is 0.223 e. The Morgan fingerprint density at radius 1 is 1.24 bits per heavy atom. The van der Waals surface area contributed by atoms with Gasteiger partial charge in [-0.25, -0.2) is 4.39 Å². The molecule has 1 fully saturated rings. The molecule has 2 atom stereocenters. The molecule has 25 heavy (non-hydrogen) atoms. The summed E-state index contributed by atoms with van der Waals surface area (Å²) in [5, 5.41) is 10.0. The fraction of sp³-hybridized carbons (Fsp3) is 0.350. The number of hydrogen-bond donors (Lipinski definition) is 1. The van der Waals surface area contributed by atoms with Gasteiger partial charge in [0.05, 0.1) is 19.3 Å². The van der Waals surface area contributed by atoms with E-state index in [4.69, 9.17) is 4.74 Å². The number of β-amino-alcohol motifs (C(OH)–C–C–N with tert-alkyl or cyclic N) is 1. The third kappa shape index (κ3) is 3.99. The van der Waals surface area contributed by atoms with Crippen LogP contribution in [-0.4, -0.2) is 35.7 Å². The van der Waals surface area contributed by atoms with Crippen molar-refractivity contribution in [3.8, 4) is 5.75 Å². The first-order valence-corrected chi connectivity index (χ1v) is 8.43. The summed E-state index contributed by atoms with van der Waals surface area (Å²) < 4.78 is 18.5. The highest BCUT2D eigenvalue weighted by molar-refractivity contribution is 5.77. The van der Waals surface area contributed by atoms with E-state index in [2.05, 4.69) is 0 Å². The SMILES string of the molecule is COc1ccccc1CCC(=O)N1C[C@@H](O)C[C@H]1c1ccc(F)cc1. The van der Waals surface area contributed by atoms with Crippen LogP contribution in [0, 0.1) is 5.82 Å². The number of para-hydroxylation sites is 1. The van der Waals surface area contributed by atoms with Crippen molar-refractivity contribution in [2.45, 2.75) is 31.4 Å². The lowest BCUT2D eigenvalue weighted by atomic mass is 10.0. The molecule has 0 aliphatic carbocycles. The van der Waals surface area contributed by atoms with Crippen molar-refractivity contribution in [1.29, 1.82) is 0 Å². The van der Waals surface area contributed by atoms with Gasteiger partial charge in [0, 0.05) is 13.0 Å². The second-order valence-electron chi connectivity index (χ2n) is 6.31. The summed E-state index contributed by atoms with van der Waals surface area (Å²) >= 11 is 0. The first-order valence-electron chi connectivity index (χ1n) is 8.43. The first kappa shape index (κ1) is 17.4. The van der Waals surface area contributed by atoms with Crippen LogP contribution in [0.3, 0.4) is 0 Å². The predicted octanol–water partition coefficient (Wildman–Crippen LogP) is 3.10. The van der Waals surface area contributed by atoms with Gasteiger partial charge < -0.3 is 14.7 Å². The molecule has 3 rings (SSSR count). The Bertz CT molecular complexity index is 732. The molecule has 0 aromatic heterocycles. The lowest BCUT2D eigenvalue weighted by Gasteiger charge is -2.25. The van der Waals surface area contributed by atoms with Crippen molar-refractivity contribution in [2.24, 2.45) is 0 Å². The Hall–Kier alpha value is -2.40. The van der Waals surface area contributed by atoms with Crippen LogP contribution in [0.25, 0.3) is 0 Å². The fourth-order valence-corrected chi connectivity index (χ4v) is 3.39. The quantitative estimate of drug-likeness (QED) is 0.908. The Balaban J connectivity index is 1.70. The van der Waals surface area contributed by atoms with Gasteiger partial charge in [0.25, 0.3) is 0 Å². The third-order valence-corrected chi connectivity index (χ3v) is 4.65. The topological polar surface area (TPSA) is 49.8 Å². The normalized spacial score (nSPS) is 19.9. The van der Waals surface area contributed by atoms with Crippen LogP contribution >= 0.6 is 0 Å². The van der Waals surface area contributed by atoms with Crippen LogP contribution in [0.5, 0.6) is 5.75 Å². The van der Waals surface area contributed by atoms with Gasteiger partial charge >= 0.3 is 0 Å². The number of likely N-dealkylation sites (tertiary alicyclic amines) is 1. The number of carbonyl (C=O) groups excluding carboxylic acids is 1. The lowest BCUT2D eigenvalue weighted by molar-refractivity contribution is -0.132. The van der Waals surface area contributed by atoms with Gasteiger partial charge in [-0.3, -0.25) is 4.79 Å². The van der Waals surface area contributed by atoms with Gasteiger partial charge in [-0.1, -0.05) is 30.3 Å². The van der Waals surface area contributed by atoms with Crippen molar-refractivity contribution >= 4 is 5.91 Å². The van der Waals surface area contributed by atoms with Crippen LogP contribution < -0.4 is 4.74 Å². The van der Waals surface area contributed by atoms with Crippen LogP contribution in [0.15, 0.2) is 48.5 Å². The molecule has 1 N–H and O–H groups in total. The molecule has 5 heteroatoms. The smallest absolute Gasteiger partial charge is 0.223 e. The zero-order chi connectivity index (χ0) is 17.8. The van der Waals surface area contributed by atoms with Gasteiger partial charge in [0.1, 0.15) is 11.6 Å². The summed E-state index contributed by atoms with van der Waals surface area (Å²) in [6, 6.07) is 13.6. The number of aliphatic hydroxyl groups excluding tert-OH is 1. The summed E-state index contributed by atoms with van der Waals surface area (Å²) in [5.41, 5.74) is 1.83. The zero-order valence-corrected chi connectivity index (χ0v) is 14.2. The van der Waals surface area contributed by atoms with E-state index in [0.717, 1.165) is 16.9 Å². The molecule has 1 saturated heterocycles. The number of ether oxygens (including phenoxy) is 1. The van der Waals surface area contributed by atoms with E-state index in [9.17, 15) is 14.3 Å². The highest BCUT2D eigenvalue weighted by Gasteiger charge is 2.34. The number of hydrogen-bond acceptors (Lipinski definition) is 3. The van der Waals surface area contributed by atoms with Gasteiger partial charge in [-0.15, -0.1) is 0 Å². The van der Waals surface area contributed by atoms with Crippen molar-refractivity contribution < 1.29 is 19.0 Å². The number of methoxy groups -OCH3 is 1. The molecule has 0 radical (unpaired) electrons. The van der Waals surface area contributed by atoms with Crippen LogP contribution in [0.2, 0.25) is 0 Å². The standard InChI is InChI=1S/C20H22FNO3/c1-25-19-5-3-2-4-15(19)8-11-20(24)22-13-17(23)12-18(22)14-6-9-16(21)10-7-14/h2-7,9-10,17-18,23H,8,11-13H2,1H3/t17-,18-/m0/s1. The average Bonchev–Trinajstić information content (AvgIpc) is 3.02. The first-order chi connectivity index (χ1) is 12.1. The minimum absolute atomic E-state index is 0.0169. The molecule has 0 unspecified atom stereocenters. The van der Waals surface area contributed by atoms with Crippen LogP contribution in [0.4, 0.5) is 4.39 Å². The van der Waals surface area contributed by atoms with Crippen LogP contribution in [0.1, 0.15) is 30.0 Å². The minimum Gasteiger partial charge on any atom is -0.496 e. The van der Waals surface area contributed by atoms with E-state index in [1.807, 2.05) is 24.3 Å². The lowest BCUT2D eigenvalue weighted by Crippen LogP contribution is -2.32. The number of halogens is 1. The second-order valence-corrected chi connectivity index (χ2v) is 6.31. The van der Waals surface area contributed by atoms with Crippen molar-refractivity contribution in [3.05, 3.63) is 65.5 Å². The highest BCUT2D eigenvalue weighted by atomic mass is 19.1. The molecule has 2 aromatic carbocycles. The summed E-state index contributed by atoms with van der Waals surface area (Å²) in [4.78, 5) is 14.4. The number of rotatable bonds is 5. The number of carbonyl (C=O) groups is 1. The molecular formula is C20H22FNO3. The van der Waals surface area contributed by atoms with E-state index in [0.29, 0.717) is 25.8 Å². The average molecular weight is 343 g/mol. The van der Waals surface area contributed by atoms with Crippen molar-refractivity contribution in [1.82, 2.24) is 4.90 Å². The van der Waals surface area contributed by atoms with Crippen molar-refractivity contribution in [2.75, 3.05) is 13.7 Å². The molecule has 1 aliphatic heterocycles. The van der Waals surface area contributed by atoms with Gasteiger partial charge in [0.2, 0.25) is 5.91 Å². The molecule has 132 valence electrons. The fourth-order valence-electron chi connectivity index (χ4n) is 3.39. The molecule has 1 aliphatic rings. The number of aryl methyl sites for hydroxylation is 1. The summed E-state index contributed by atoms with van der Waals surface area (Å²) in [6.07, 6.45) is 0.841. The van der Waals surface area contributed by atoms with E-state index in [-0.39, 0.29) is 17.8 Å². The van der Waals surface area contributed by atoms with Crippen molar-refractivity contribution in [3.63, 3.8) is 0 Å². The molecule has 1 heterocycles. The molecular weight excluding hydrogens is 321 g/mol.